The highest BCUT2D eigenvalue weighted by atomic mass is 35.5. The van der Waals surface area contributed by atoms with Crippen LogP contribution in [0.3, 0.4) is 0 Å². The maximum absolute atomic E-state index is 11.4. The number of hydrogen-bond acceptors (Lipinski definition) is 2. The Morgan fingerprint density at radius 3 is 2.87 bits per heavy atom. The van der Waals surface area contributed by atoms with E-state index >= 15 is 0 Å². The van der Waals surface area contributed by atoms with Crippen LogP contribution < -0.4 is 5.32 Å². The summed E-state index contributed by atoms with van der Waals surface area (Å²) in [5.41, 5.74) is -0.0160. The van der Waals surface area contributed by atoms with Crippen LogP contribution in [0.2, 0.25) is 5.02 Å². The van der Waals surface area contributed by atoms with Gasteiger partial charge < -0.3 is 10.4 Å². The molecule has 4 heteroatoms. The average Bonchev–Trinajstić information content (AvgIpc) is 2.67. The maximum atomic E-state index is 11.4. The minimum absolute atomic E-state index is 0.475. The Labute approximate surface area is 93.1 Å². The van der Waals surface area contributed by atoms with Gasteiger partial charge in [-0.25, -0.2) is 0 Å². The number of carboxylic acids is 1. The minimum atomic E-state index is -0.801. The third kappa shape index (κ3) is 1.73. The molecule has 1 atom stereocenters. The lowest BCUT2D eigenvalue weighted by Gasteiger charge is -2.23. The van der Waals surface area contributed by atoms with Crippen molar-refractivity contribution in [1.82, 2.24) is 5.32 Å². The van der Waals surface area contributed by atoms with Crippen LogP contribution in [-0.2, 0) is 10.2 Å². The number of rotatable bonds is 2. The van der Waals surface area contributed by atoms with Crippen molar-refractivity contribution in [2.24, 2.45) is 0 Å². The molecule has 0 aliphatic carbocycles. The first-order valence-corrected chi connectivity index (χ1v) is 5.23. The van der Waals surface area contributed by atoms with Crippen molar-refractivity contribution in [2.75, 3.05) is 13.1 Å². The molecule has 0 spiro atoms. The highest BCUT2D eigenvalue weighted by molar-refractivity contribution is 6.30. The molecule has 0 aromatic heterocycles. The van der Waals surface area contributed by atoms with Crippen molar-refractivity contribution in [3.8, 4) is 0 Å². The third-order valence-electron chi connectivity index (χ3n) is 2.94. The summed E-state index contributed by atoms with van der Waals surface area (Å²) in [6.07, 6.45) is 0.614. The van der Waals surface area contributed by atoms with Gasteiger partial charge in [0.05, 0.1) is 0 Å². The van der Waals surface area contributed by atoms with Gasteiger partial charge in [0.2, 0.25) is 0 Å². The Balaban J connectivity index is 2.45. The zero-order valence-electron chi connectivity index (χ0n) is 8.16. The molecule has 80 valence electrons. The summed E-state index contributed by atoms with van der Waals surface area (Å²) in [5.74, 6) is -0.783. The van der Waals surface area contributed by atoms with Crippen LogP contribution in [0.1, 0.15) is 12.0 Å². The SMILES string of the molecule is O=C(O)C1(c2cccc(Cl)c2)CCNC1. The predicted octanol–water partition coefficient (Wildman–Crippen LogP) is 1.66. The van der Waals surface area contributed by atoms with Crippen molar-refractivity contribution >= 4 is 17.6 Å². The Bertz CT molecular complexity index is 386. The molecule has 0 saturated carbocycles. The van der Waals surface area contributed by atoms with Crippen LogP contribution >= 0.6 is 11.6 Å². The maximum Gasteiger partial charge on any atom is 0.315 e. The topological polar surface area (TPSA) is 49.3 Å². The summed E-state index contributed by atoms with van der Waals surface area (Å²) in [4.78, 5) is 11.4. The summed E-state index contributed by atoms with van der Waals surface area (Å²) >= 11 is 5.88. The normalized spacial score (nSPS) is 25.4. The van der Waals surface area contributed by atoms with Gasteiger partial charge in [-0.15, -0.1) is 0 Å². The second-order valence-electron chi connectivity index (χ2n) is 3.82. The van der Waals surface area contributed by atoms with Gasteiger partial charge in [0.25, 0.3) is 0 Å². The van der Waals surface area contributed by atoms with E-state index < -0.39 is 11.4 Å². The van der Waals surface area contributed by atoms with E-state index in [1.54, 1.807) is 18.2 Å². The van der Waals surface area contributed by atoms with Crippen LogP contribution in [0.4, 0.5) is 0 Å². The molecule has 2 N–H and O–H groups in total. The zero-order valence-corrected chi connectivity index (χ0v) is 8.92. The summed E-state index contributed by atoms with van der Waals surface area (Å²) in [7, 11) is 0. The molecule has 3 nitrogen and oxygen atoms in total. The van der Waals surface area contributed by atoms with Gasteiger partial charge in [-0.3, -0.25) is 4.79 Å². The van der Waals surface area contributed by atoms with Crippen LogP contribution in [0, 0.1) is 0 Å². The van der Waals surface area contributed by atoms with Crippen LogP contribution in [0.25, 0.3) is 0 Å². The van der Waals surface area contributed by atoms with Crippen LogP contribution in [-0.4, -0.2) is 24.2 Å². The number of aliphatic carboxylic acids is 1. The Hall–Kier alpha value is -1.06. The number of hydrogen-bond donors (Lipinski definition) is 2. The molecule has 2 rings (SSSR count). The lowest BCUT2D eigenvalue weighted by Crippen LogP contribution is -2.37. The first kappa shape index (κ1) is 10.5. The molecule has 1 fully saturated rings. The lowest BCUT2D eigenvalue weighted by atomic mass is 9.80. The smallest absolute Gasteiger partial charge is 0.315 e. The van der Waals surface area contributed by atoms with Gasteiger partial charge >= 0.3 is 5.97 Å². The van der Waals surface area contributed by atoms with Crippen LogP contribution in [0.5, 0.6) is 0 Å². The predicted molar refractivity (Wildman–Crippen MR) is 58.3 cm³/mol. The molecule has 15 heavy (non-hydrogen) atoms. The average molecular weight is 226 g/mol. The molecule has 1 aromatic rings. The number of halogens is 1. The number of carbonyl (C=O) groups is 1. The molecule has 1 saturated heterocycles. The third-order valence-corrected chi connectivity index (χ3v) is 3.18. The number of carboxylic acid groups (broad SMARTS) is 1. The van der Waals surface area contributed by atoms with Crippen molar-refractivity contribution in [3.05, 3.63) is 34.9 Å². The monoisotopic (exact) mass is 225 g/mol. The fourth-order valence-corrected chi connectivity index (χ4v) is 2.22. The number of nitrogens with one attached hydrogen (secondary N) is 1. The standard InChI is InChI=1S/C11H12ClNO2/c12-9-3-1-2-8(6-9)11(10(14)15)4-5-13-7-11/h1-3,6,13H,4-5,7H2,(H,14,15). The molecule has 1 aromatic carbocycles. The van der Waals surface area contributed by atoms with E-state index in [1.165, 1.54) is 0 Å². The molecule has 1 heterocycles. The highest BCUT2D eigenvalue weighted by Gasteiger charge is 2.43. The molecule has 1 aliphatic rings. The van der Waals surface area contributed by atoms with Crippen molar-refractivity contribution < 1.29 is 9.90 Å². The molecule has 0 amide bonds. The highest BCUT2D eigenvalue weighted by Crippen LogP contribution is 2.32. The summed E-state index contributed by atoms with van der Waals surface area (Å²) in [6.45, 7) is 1.21. The Morgan fingerprint density at radius 2 is 2.33 bits per heavy atom. The zero-order chi connectivity index (χ0) is 10.9. The van der Waals surface area contributed by atoms with E-state index in [9.17, 15) is 9.90 Å². The quantitative estimate of drug-likeness (QED) is 0.805. The lowest BCUT2D eigenvalue weighted by molar-refractivity contribution is -0.143. The van der Waals surface area contributed by atoms with Crippen molar-refractivity contribution in [1.29, 1.82) is 0 Å². The first-order valence-electron chi connectivity index (χ1n) is 4.85. The van der Waals surface area contributed by atoms with Crippen LogP contribution in [0.15, 0.2) is 24.3 Å². The van der Waals surface area contributed by atoms with E-state index in [1.807, 2.05) is 6.07 Å². The first-order chi connectivity index (χ1) is 7.15. The molecular weight excluding hydrogens is 214 g/mol. The summed E-state index contributed by atoms with van der Waals surface area (Å²) in [5, 5.41) is 13.0. The molecular formula is C11H12ClNO2. The fourth-order valence-electron chi connectivity index (χ4n) is 2.03. The van der Waals surface area contributed by atoms with E-state index in [-0.39, 0.29) is 0 Å². The van der Waals surface area contributed by atoms with Gasteiger partial charge in [0, 0.05) is 11.6 Å². The van der Waals surface area contributed by atoms with Gasteiger partial charge in [-0.05, 0) is 30.7 Å². The van der Waals surface area contributed by atoms with Gasteiger partial charge in [-0.1, -0.05) is 23.7 Å². The second kappa shape index (κ2) is 3.83. The van der Waals surface area contributed by atoms with Crippen molar-refractivity contribution in [2.45, 2.75) is 11.8 Å². The molecule has 0 radical (unpaired) electrons. The van der Waals surface area contributed by atoms with Gasteiger partial charge in [0.15, 0.2) is 0 Å². The number of benzene rings is 1. The Morgan fingerprint density at radius 1 is 1.53 bits per heavy atom. The van der Waals surface area contributed by atoms with Gasteiger partial charge in [0.1, 0.15) is 5.41 Å². The minimum Gasteiger partial charge on any atom is -0.481 e. The molecule has 0 bridgehead atoms. The molecule has 1 aliphatic heterocycles. The molecule has 1 unspecified atom stereocenters. The largest absolute Gasteiger partial charge is 0.481 e. The van der Waals surface area contributed by atoms with E-state index in [2.05, 4.69) is 5.32 Å². The Kier molecular flexibility index (Phi) is 2.67. The van der Waals surface area contributed by atoms with Crippen molar-refractivity contribution in [3.63, 3.8) is 0 Å². The van der Waals surface area contributed by atoms with E-state index in [4.69, 9.17) is 11.6 Å². The second-order valence-corrected chi connectivity index (χ2v) is 4.26. The van der Waals surface area contributed by atoms with E-state index in [0.717, 1.165) is 12.1 Å². The summed E-state index contributed by atoms with van der Waals surface area (Å²) in [6, 6.07) is 7.11. The summed E-state index contributed by atoms with van der Waals surface area (Å²) < 4.78 is 0. The van der Waals surface area contributed by atoms with Gasteiger partial charge in [-0.2, -0.15) is 0 Å². The van der Waals surface area contributed by atoms with E-state index in [0.29, 0.717) is 18.0 Å². The fraction of sp³-hybridized carbons (Fsp3) is 0.364.